The highest BCUT2D eigenvalue weighted by atomic mass is 16.4. The minimum absolute atomic E-state index is 0.189. The Morgan fingerprint density at radius 3 is 2.65 bits per heavy atom. The first kappa shape index (κ1) is 12.2. The van der Waals surface area contributed by atoms with Crippen LogP contribution in [0, 0.1) is 0 Å². The number of aromatic nitrogens is 1. The first-order valence-electron chi connectivity index (χ1n) is 6.05. The Kier molecular flexibility index (Phi) is 2.64. The fourth-order valence-electron chi connectivity index (χ4n) is 2.40. The number of carboxylic acids is 1. The van der Waals surface area contributed by atoms with Gasteiger partial charge >= 0.3 is 5.97 Å². The lowest BCUT2D eigenvalue weighted by atomic mass is 9.97. The van der Waals surface area contributed by atoms with Crippen LogP contribution < -0.4 is 5.56 Å². The molecule has 0 bridgehead atoms. The molecule has 0 saturated heterocycles. The van der Waals surface area contributed by atoms with Gasteiger partial charge in [-0.1, -0.05) is 24.8 Å². The van der Waals surface area contributed by atoms with Gasteiger partial charge in [0.1, 0.15) is 0 Å². The zero-order chi connectivity index (χ0) is 14.3. The lowest BCUT2D eigenvalue weighted by Crippen LogP contribution is -2.04. The highest BCUT2D eigenvalue weighted by Crippen LogP contribution is 2.29. The third kappa shape index (κ3) is 1.78. The number of benzene rings is 2. The molecular formula is C16H11NO3. The fraction of sp³-hybridized carbons (Fsp3) is 0. The molecule has 20 heavy (non-hydrogen) atoms. The van der Waals surface area contributed by atoms with Gasteiger partial charge in [0.05, 0.1) is 5.56 Å². The highest BCUT2D eigenvalue weighted by molar-refractivity contribution is 6.15. The standard InChI is InChI=1S/C16H11NO3/c1-2-9-3-4-11-12(5-9)14-8-17-15(18)7-10(14)6-13(11)16(19)20/h2-8H,1H2,(H,17,18)(H,19,20). The van der Waals surface area contributed by atoms with E-state index in [1.54, 1.807) is 18.3 Å². The molecule has 0 unspecified atom stereocenters. The van der Waals surface area contributed by atoms with Gasteiger partial charge in [-0.3, -0.25) is 4.79 Å². The van der Waals surface area contributed by atoms with Crippen LogP contribution in [0.5, 0.6) is 0 Å². The van der Waals surface area contributed by atoms with Crippen molar-refractivity contribution < 1.29 is 9.90 Å². The second kappa shape index (κ2) is 4.35. The number of hydrogen-bond donors (Lipinski definition) is 2. The van der Waals surface area contributed by atoms with Gasteiger partial charge in [0.25, 0.3) is 0 Å². The van der Waals surface area contributed by atoms with Gasteiger partial charge in [0.15, 0.2) is 0 Å². The van der Waals surface area contributed by atoms with E-state index >= 15 is 0 Å². The van der Waals surface area contributed by atoms with Crippen LogP contribution in [0.3, 0.4) is 0 Å². The maximum absolute atomic E-state index is 11.4. The van der Waals surface area contributed by atoms with Crippen molar-refractivity contribution in [2.24, 2.45) is 0 Å². The maximum atomic E-state index is 11.4. The number of aromatic carboxylic acids is 1. The monoisotopic (exact) mass is 265 g/mol. The molecule has 0 aliphatic heterocycles. The van der Waals surface area contributed by atoms with Crippen LogP contribution in [0.2, 0.25) is 0 Å². The maximum Gasteiger partial charge on any atom is 0.336 e. The smallest absolute Gasteiger partial charge is 0.336 e. The molecule has 4 heteroatoms. The van der Waals surface area contributed by atoms with E-state index in [9.17, 15) is 14.7 Å². The van der Waals surface area contributed by atoms with Crippen LogP contribution in [0.25, 0.3) is 27.6 Å². The summed E-state index contributed by atoms with van der Waals surface area (Å²) in [5.74, 6) is -1.01. The summed E-state index contributed by atoms with van der Waals surface area (Å²) in [5, 5.41) is 12.2. The van der Waals surface area contributed by atoms with E-state index in [1.165, 1.54) is 12.1 Å². The van der Waals surface area contributed by atoms with Crippen molar-refractivity contribution in [2.45, 2.75) is 0 Å². The predicted octanol–water partition coefficient (Wildman–Crippen LogP) is 3.02. The van der Waals surface area contributed by atoms with Gasteiger partial charge in [-0.05, 0) is 33.9 Å². The average Bonchev–Trinajstić information content (AvgIpc) is 2.45. The topological polar surface area (TPSA) is 70.2 Å². The van der Waals surface area contributed by atoms with Crippen LogP contribution in [0.15, 0.2) is 47.9 Å². The number of carbonyl (C=O) groups is 1. The van der Waals surface area contributed by atoms with E-state index in [-0.39, 0.29) is 11.1 Å². The van der Waals surface area contributed by atoms with E-state index in [2.05, 4.69) is 11.6 Å². The van der Waals surface area contributed by atoms with Crippen molar-refractivity contribution in [1.82, 2.24) is 4.98 Å². The van der Waals surface area contributed by atoms with E-state index in [4.69, 9.17) is 0 Å². The molecule has 0 fully saturated rings. The van der Waals surface area contributed by atoms with Crippen molar-refractivity contribution in [3.8, 4) is 0 Å². The molecule has 3 aromatic rings. The fourth-order valence-corrected chi connectivity index (χ4v) is 2.40. The highest BCUT2D eigenvalue weighted by Gasteiger charge is 2.12. The third-order valence-electron chi connectivity index (χ3n) is 3.35. The molecule has 4 nitrogen and oxygen atoms in total. The Hall–Kier alpha value is -2.88. The Morgan fingerprint density at radius 1 is 1.15 bits per heavy atom. The van der Waals surface area contributed by atoms with Gasteiger partial charge in [-0.15, -0.1) is 0 Å². The number of carboxylic acid groups (broad SMARTS) is 1. The van der Waals surface area contributed by atoms with E-state index in [1.807, 2.05) is 12.1 Å². The van der Waals surface area contributed by atoms with E-state index < -0.39 is 5.97 Å². The molecule has 98 valence electrons. The minimum Gasteiger partial charge on any atom is -0.478 e. The third-order valence-corrected chi connectivity index (χ3v) is 3.35. The van der Waals surface area contributed by atoms with Gasteiger partial charge in [0.2, 0.25) is 5.56 Å². The molecule has 0 atom stereocenters. The summed E-state index contributed by atoms with van der Waals surface area (Å²) >= 11 is 0. The number of rotatable bonds is 2. The van der Waals surface area contributed by atoms with Gasteiger partial charge in [-0.2, -0.15) is 0 Å². The first-order chi connectivity index (χ1) is 9.60. The average molecular weight is 265 g/mol. The Labute approximate surface area is 114 Å². The first-order valence-corrected chi connectivity index (χ1v) is 6.05. The molecule has 1 heterocycles. The van der Waals surface area contributed by atoms with Crippen molar-refractivity contribution in [3.63, 3.8) is 0 Å². The molecule has 0 aliphatic carbocycles. The lowest BCUT2D eigenvalue weighted by molar-refractivity contribution is 0.0699. The number of pyridine rings is 1. The van der Waals surface area contributed by atoms with Crippen LogP contribution in [-0.2, 0) is 0 Å². The molecule has 0 radical (unpaired) electrons. The minimum atomic E-state index is -1.01. The molecule has 2 aromatic carbocycles. The number of fused-ring (bicyclic) bond motifs is 3. The molecule has 3 rings (SSSR count). The summed E-state index contributed by atoms with van der Waals surface area (Å²) in [6.45, 7) is 3.72. The van der Waals surface area contributed by atoms with E-state index in [0.717, 1.165) is 16.3 Å². The number of aromatic amines is 1. The zero-order valence-corrected chi connectivity index (χ0v) is 10.5. The molecule has 0 saturated carbocycles. The quantitative estimate of drug-likeness (QED) is 0.700. The second-order valence-electron chi connectivity index (χ2n) is 4.54. The molecule has 0 spiro atoms. The van der Waals surface area contributed by atoms with Crippen molar-refractivity contribution in [2.75, 3.05) is 0 Å². The number of H-pyrrole nitrogens is 1. The molecule has 2 N–H and O–H groups in total. The van der Waals surface area contributed by atoms with Crippen LogP contribution in [0.1, 0.15) is 15.9 Å². The van der Waals surface area contributed by atoms with Crippen LogP contribution in [0.4, 0.5) is 0 Å². The van der Waals surface area contributed by atoms with Crippen molar-refractivity contribution in [1.29, 1.82) is 0 Å². The van der Waals surface area contributed by atoms with Gasteiger partial charge in [-0.25, -0.2) is 4.79 Å². The molecular weight excluding hydrogens is 254 g/mol. The summed E-state index contributed by atoms with van der Waals surface area (Å²) < 4.78 is 0. The summed E-state index contributed by atoms with van der Waals surface area (Å²) in [5.41, 5.74) is 0.828. The summed E-state index contributed by atoms with van der Waals surface area (Å²) in [4.78, 5) is 25.4. The Morgan fingerprint density at radius 2 is 1.95 bits per heavy atom. The van der Waals surface area contributed by atoms with Crippen LogP contribution >= 0.6 is 0 Å². The lowest BCUT2D eigenvalue weighted by Gasteiger charge is -2.08. The molecule has 1 aromatic heterocycles. The largest absolute Gasteiger partial charge is 0.478 e. The van der Waals surface area contributed by atoms with Crippen molar-refractivity contribution >= 4 is 33.6 Å². The predicted molar refractivity (Wildman–Crippen MR) is 79.1 cm³/mol. The normalized spacial score (nSPS) is 10.8. The van der Waals surface area contributed by atoms with Crippen LogP contribution in [-0.4, -0.2) is 16.1 Å². The second-order valence-corrected chi connectivity index (χ2v) is 4.54. The zero-order valence-electron chi connectivity index (χ0n) is 10.5. The summed E-state index contributed by atoms with van der Waals surface area (Å²) in [6, 6.07) is 8.39. The molecule has 0 amide bonds. The number of nitrogens with one attached hydrogen (secondary N) is 1. The van der Waals surface area contributed by atoms with Gasteiger partial charge < -0.3 is 10.1 Å². The number of hydrogen-bond acceptors (Lipinski definition) is 2. The molecule has 0 aliphatic rings. The summed E-state index contributed by atoms with van der Waals surface area (Å²) in [6.07, 6.45) is 3.31. The van der Waals surface area contributed by atoms with E-state index in [0.29, 0.717) is 10.8 Å². The van der Waals surface area contributed by atoms with Crippen molar-refractivity contribution in [3.05, 3.63) is 64.6 Å². The Balaban J connectivity index is 2.58. The Bertz CT molecular complexity index is 922. The SMILES string of the molecule is C=Cc1ccc2c(C(=O)O)cc3cc(=O)[nH]cc3c2c1. The van der Waals surface area contributed by atoms with Gasteiger partial charge in [0, 0.05) is 17.6 Å². The summed E-state index contributed by atoms with van der Waals surface area (Å²) in [7, 11) is 0.